The number of likely N-dealkylation sites (N-methyl/N-ethyl adjacent to an activating group) is 1. The van der Waals surface area contributed by atoms with Crippen molar-refractivity contribution in [1.82, 2.24) is 5.32 Å². The van der Waals surface area contributed by atoms with Crippen molar-refractivity contribution < 1.29 is 32.9 Å². The van der Waals surface area contributed by atoms with Gasteiger partial charge in [-0.25, -0.2) is 0 Å². The molecule has 0 aromatic carbocycles. The van der Waals surface area contributed by atoms with Crippen LogP contribution in [0.25, 0.3) is 0 Å². The number of hydrogen-bond acceptors (Lipinski definition) is 6. The Labute approximate surface area is 457 Å². The molecule has 0 radical (unpaired) electrons. The number of carbonyl (C=O) groups excluding carboxylic acids is 1. The van der Waals surface area contributed by atoms with Gasteiger partial charge in [0.05, 0.1) is 39.9 Å². The van der Waals surface area contributed by atoms with Crippen molar-refractivity contribution in [1.29, 1.82) is 0 Å². The molecular formula is C65H115N2O6P. The summed E-state index contributed by atoms with van der Waals surface area (Å²) in [4.78, 5) is 25.5. The maximum atomic E-state index is 13.0. The fraction of sp³-hybridized carbons (Fsp3) is 0.708. The van der Waals surface area contributed by atoms with Crippen LogP contribution in [0.4, 0.5) is 0 Å². The van der Waals surface area contributed by atoms with Gasteiger partial charge in [-0.15, -0.1) is 0 Å². The second kappa shape index (κ2) is 54.9. The zero-order chi connectivity index (χ0) is 54.2. The Morgan fingerprint density at radius 2 is 0.838 bits per heavy atom. The SMILES string of the molecule is CC/C=C\C/C=C\C/C=C\C/C=C\C/C=C\C/C=C\CCCCCCCCCCCCC(=O)NC(COP(=O)([O-])OCC[N+](C)(C)C)C(O)/C=C/CC/C=C/CC/C=C/CCCCCCCCCCCCCCC. The van der Waals surface area contributed by atoms with Crippen molar-refractivity contribution in [2.75, 3.05) is 40.9 Å². The lowest BCUT2D eigenvalue weighted by molar-refractivity contribution is -0.870. The molecule has 0 saturated heterocycles. The molecule has 2 N–H and O–H groups in total. The lowest BCUT2D eigenvalue weighted by Crippen LogP contribution is -2.45. The van der Waals surface area contributed by atoms with Crippen LogP contribution in [0.15, 0.2) is 109 Å². The van der Waals surface area contributed by atoms with Gasteiger partial charge in [0.25, 0.3) is 7.82 Å². The molecule has 0 aliphatic carbocycles. The third-order valence-corrected chi connectivity index (χ3v) is 13.9. The minimum atomic E-state index is -4.62. The molecule has 3 unspecified atom stereocenters. The van der Waals surface area contributed by atoms with Crippen molar-refractivity contribution in [3.05, 3.63) is 109 Å². The molecule has 3 atom stereocenters. The number of phosphoric ester groups is 1. The highest BCUT2D eigenvalue weighted by atomic mass is 31.2. The summed E-state index contributed by atoms with van der Waals surface area (Å²) in [5.41, 5.74) is 0. The zero-order valence-electron chi connectivity index (χ0n) is 48.5. The lowest BCUT2D eigenvalue weighted by Gasteiger charge is -2.29. The highest BCUT2D eigenvalue weighted by Crippen LogP contribution is 2.38. The van der Waals surface area contributed by atoms with Crippen molar-refractivity contribution in [2.45, 2.75) is 257 Å². The van der Waals surface area contributed by atoms with Gasteiger partial charge >= 0.3 is 0 Å². The van der Waals surface area contributed by atoms with Gasteiger partial charge in [-0.1, -0.05) is 252 Å². The molecule has 74 heavy (non-hydrogen) atoms. The Bertz CT molecular complexity index is 1570. The second-order valence-corrected chi connectivity index (χ2v) is 22.7. The monoisotopic (exact) mass is 1050 g/mol. The number of unbranched alkanes of at least 4 members (excludes halogenated alkanes) is 25. The predicted octanol–water partition coefficient (Wildman–Crippen LogP) is 18.1. The Morgan fingerprint density at radius 1 is 0.486 bits per heavy atom. The van der Waals surface area contributed by atoms with E-state index in [1.165, 1.54) is 135 Å². The van der Waals surface area contributed by atoms with Crippen LogP contribution in [0.2, 0.25) is 0 Å². The Morgan fingerprint density at radius 3 is 1.26 bits per heavy atom. The molecule has 0 heterocycles. The maximum absolute atomic E-state index is 13.0. The molecule has 9 heteroatoms. The largest absolute Gasteiger partial charge is 0.756 e. The lowest BCUT2D eigenvalue weighted by atomic mass is 10.0. The van der Waals surface area contributed by atoms with E-state index in [-0.39, 0.29) is 12.5 Å². The van der Waals surface area contributed by atoms with Gasteiger partial charge in [-0.05, 0) is 96.3 Å². The first-order valence-electron chi connectivity index (χ1n) is 30.2. The molecule has 0 fully saturated rings. The van der Waals surface area contributed by atoms with E-state index >= 15 is 0 Å². The zero-order valence-corrected chi connectivity index (χ0v) is 49.4. The summed E-state index contributed by atoms with van der Waals surface area (Å²) in [6.45, 7) is 4.51. The standard InChI is InChI=1S/C65H115N2O6P/c1-6-8-10-12-14-16-18-20-22-24-26-28-30-31-32-33-34-35-37-39-41-43-45-47-49-51-53-55-57-59-65(69)66-63(62-73-74(70,71)72-61-60-67(3,4)5)64(68)58-56-54-52-50-48-46-44-42-40-38-36-29-27-25-23-21-19-17-15-13-11-9-7-2/h8,10,14,16,20,22,26,28,31-32,34-35,40,42,48,50,56,58,63-64,68H,6-7,9,11-13,15,17-19,21,23-25,27,29-30,33,36-39,41,43-47,49,51-55,57,59-62H2,1-5H3,(H-,66,69,70,71)/b10-8-,16-14-,22-20-,28-26-,32-31-,35-34-,42-40+,50-48+,58-56+. The number of phosphoric acid groups is 1. The first-order valence-corrected chi connectivity index (χ1v) is 31.7. The van der Waals surface area contributed by atoms with E-state index < -0.39 is 26.6 Å². The van der Waals surface area contributed by atoms with Crippen LogP contribution in [-0.4, -0.2) is 68.5 Å². The molecule has 1 amide bonds. The van der Waals surface area contributed by atoms with Crippen LogP contribution >= 0.6 is 7.82 Å². The van der Waals surface area contributed by atoms with Gasteiger partial charge in [0, 0.05) is 6.42 Å². The van der Waals surface area contributed by atoms with Crippen molar-refractivity contribution in [3.63, 3.8) is 0 Å². The van der Waals surface area contributed by atoms with E-state index in [0.717, 1.165) is 89.9 Å². The number of aliphatic hydroxyl groups excluding tert-OH is 1. The van der Waals surface area contributed by atoms with Crippen LogP contribution in [0.3, 0.4) is 0 Å². The molecular weight excluding hydrogens is 936 g/mol. The van der Waals surface area contributed by atoms with Crippen LogP contribution in [0.5, 0.6) is 0 Å². The van der Waals surface area contributed by atoms with E-state index in [4.69, 9.17) is 9.05 Å². The Balaban J connectivity index is 4.28. The molecule has 0 spiro atoms. The van der Waals surface area contributed by atoms with Gasteiger partial charge in [0.15, 0.2) is 0 Å². The highest BCUT2D eigenvalue weighted by molar-refractivity contribution is 7.45. The minimum absolute atomic E-state index is 0.0151. The normalized spacial score (nSPS) is 14.6. The quantitative estimate of drug-likeness (QED) is 0.0272. The molecule has 0 aliphatic heterocycles. The van der Waals surface area contributed by atoms with E-state index in [2.05, 4.69) is 116 Å². The van der Waals surface area contributed by atoms with Gasteiger partial charge in [-0.3, -0.25) is 9.36 Å². The molecule has 426 valence electrons. The third-order valence-electron chi connectivity index (χ3n) is 12.9. The fourth-order valence-electron chi connectivity index (χ4n) is 8.25. The van der Waals surface area contributed by atoms with E-state index in [1.807, 2.05) is 27.2 Å². The Hall–Kier alpha value is -2.84. The number of rotatable bonds is 54. The van der Waals surface area contributed by atoms with Crippen molar-refractivity contribution in [2.24, 2.45) is 0 Å². The Kier molecular flexibility index (Phi) is 52.8. The second-order valence-electron chi connectivity index (χ2n) is 21.3. The van der Waals surface area contributed by atoms with E-state index in [0.29, 0.717) is 17.4 Å². The summed E-state index contributed by atoms with van der Waals surface area (Å²) in [6, 6.07) is -0.921. The van der Waals surface area contributed by atoms with Gasteiger partial charge in [-0.2, -0.15) is 0 Å². The first-order chi connectivity index (χ1) is 36.0. The van der Waals surface area contributed by atoms with Crippen LogP contribution < -0.4 is 10.2 Å². The van der Waals surface area contributed by atoms with Crippen molar-refractivity contribution in [3.8, 4) is 0 Å². The van der Waals surface area contributed by atoms with Crippen molar-refractivity contribution >= 4 is 13.7 Å². The number of quaternary nitrogens is 1. The summed E-state index contributed by atoms with van der Waals surface area (Å²) < 4.78 is 23.4. The molecule has 0 aromatic rings. The summed E-state index contributed by atoms with van der Waals surface area (Å²) >= 11 is 0. The van der Waals surface area contributed by atoms with Gasteiger partial charge in [0.2, 0.25) is 5.91 Å². The molecule has 0 rings (SSSR count). The number of nitrogens with zero attached hydrogens (tertiary/aromatic N) is 1. The number of allylic oxidation sites excluding steroid dienone is 17. The molecule has 8 nitrogen and oxygen atoms in total. The number of carbonyl (C=O) groups is 1. The summed E-state index contributed by atoms with van der Waals surface area (Å²) in [7, 11) is 1.22. The van der Waals surface area contributed by atoms with Gasteiger partial charge in [0.1, 0.15) is 13.2 Å². The molecule has 0 aromatic heterocycles. The minimum Gasteiger partial charge on any atom is -0.756 e. The predicted molar refractivity (Wildman–Crippen MR) is 320 cm³/mol. The average Bonchev–Trinajstić information content (AvgIpc) is 3.36. The summed E-state index contributed by atoms with van der Waals surface area (Å²) in [5.74, 6) is -0.219. The smallest absolute Gasteiger partial charge is 0.268 e. The number of hydrogen-bond donors (Lipinski definition) is 2. The highest BCUT2D eigenvalue weighted by Gasteiger charge is 2.23. The number of amides is 1. The summed E-state index contributed by atoms with van der Waals surface area (Å²) in [6.07, 6.45) is 80.3. The summed E-state index contributed by atoms with van der Waals surface area (Å²) in [5, 5.41) is 13.9. The van der Waals surface area contributed by atoms with E-state index in [9.17, 15) is 19.4 Å². The van der Waals surface area contributed by atoms with Crippen LogP contribution in [0, 0.1) is 0 Å². The molecule has 0 aliphatic rings. The first kappa shape index (κ1) is 71.2. The maximum Gasteiger partial charge on any atom is 0.268 e. The van der Waals surface area contributed by atoms with Crippen LogP contribution in [0.1, 0.15) is 245 Å². The average molecular weight is 1050 g/mol. The molecule has 0 saturated carbocycles. The third kappa shape index (κ3) is 56.9. The fourth-order valence-corrected chi connectivity index (χ4v) is 8.97. The van der Waals surface area contributed by atoms with E-state index in [1.54, 1.807) is 6.08 Å². The topological polar surface area (TPSA) is 108 Å². The molecule has 0 bridgehead atoms. The van der Waals surface area contributed by atoms with Crippen LogP contribution in [-0.2, 0) is 18.4 Å². The van der Waals surface area contributed by atoms with Gasteiger partial charge < -0.3 is 28.8 Å². The number of nitrogens with one attached hydrogen (secondary N) is 1. The number of aliphatic hydroxyl groups is 1.